The summed E-state index contributed by atoms with van der Waals surface area (Å²) in [4.78, 5) is 13.4. The van der Waals surface area contributed by atoms with Crippen molar-refractivity contribution in [3.63, 3.8) is 0 Å². The summed E-state index contributed by atoms with van der Waals surface area (Å²) in [5.41, 5.74) is 3.73. The second-order valence-electron chi connectivity index (χ2n) is 4.62. The van der Waals surface area contributed by atoms with Crippen LogP contribution in [0, 0.1) is 6.92 Å². The number of carbonyl (C=O) groups is 1. The maximum atomic E-state index is 11.2. The van der Waals surface area contributed by atoms with Crippen LogP contribution in [-0.4, -0.2) is 36.1 Å². The van der Waals surface area contributed by atoms with E-state index in [2.05, 4.69) is 4.90 Å². The van der Waals surface area contributed by atoms with Gasteiger partial charge in [0.2, 0.25) is 0 Å². The fourth-order valence-corrected chi connectivity index (χ4v) is 2.15. The molecule has 0 atom stereocenters. The average molecular weight is 231 g/mol. The molecule has 1 N–H and O–H groups in total. The molecule has 1 aliphatic rings. The number of benzene rings is 1. The third-order valence-electron chi connectivity index (χ3n) is 3.19. The van der Waals surface area contributed by atoms with Gasteiger partial charge in [-0.2, -0.15) is 0 Å². The Hall–Kier alpha value is -1.61. The minimum absolute atomic E-state index is 0.562. The number of aryl methyl sites for hydroxylation is 1. The summed E-state index contributed by atoms with van der Waals surface area (Å²) in [6.45, 7) is 3.56. The van der Waals surface area contributed by atoms with Crippen molar-refractivity contribution in [1.82, 2.24) is 4.90 Å². The van der Waals surface area contributed by atoms with Crippen LogP contribution in [0.1, 0.15) is 17.5 Å². The van der Waals surface area contributed by atoms with Crippen molar-refractivity contribution in [3.8, 4) is 0 Å². The fraction of sp³-hybridized carbons (Fsp3) is 0.357. The second-order valence-corrected chi connectivity index (χ2v) is 4.62. The number of hydrogen-bond acceptors (Lipinski definition) is 2. The first-order valence-electron chi connectivity index (χ1n) is 5.79. The first-order valence-corrected chi connectivity index (χ1v) is 5.79. The zero-order valence-electron chi connectivity index (χ0n) is 10.2. The van der Waals surface area contributed by atoms with Gasteiger partial charge in [0.05, 0.1) is 0 Å². The molecule has 0 amide bonds. The molecule has 0 unspecified atom stereocenters. The highest BCUT2D eigenvalue weighted by molar-refractivity contribution is 5.97. The van der Waals surface area contributed by atoms with Gasteiger partial charge in [-0.15, -0.1) is 0 Å². The van der Waals surface area contributed by atoms with Gasteiger partial charge in [-0.05, 0) is 31.5 Å². The van der Waals surface area contributed by atoms with E-state index in [1.807, 2.05) is 38.2 Å². The summed E-state index contributed by atoms with van der Waals surface area (Å²) in [6, 6.07) is 8.06. The maximum Gasteiger partial charge on any atom is 0.331 e. The molecule has 0 fully saturated rings. The smallest absolute Gasteiger partial charge is 0.331 e. The SMILES string of the molecule is Cc1ccc(C2=C(C(=O)O)CCN(C)C2)cc1. The van der Waals surface area contributed by atoms with E-state index in [0.29, 0.717) is 18.5 Å². The molecule has 1 aromatic carbocycles. The first-order chi connectivity index (χ1) is 8.08. The monoisotopic (exact) mass is 231 g/mol. The summed E-state index contributed by atoms with van der Waals surface area (Å²) in [5, 5.41) is 9.23. The normalized spacial score (nSPS) is 17.3. The average Bonchev–Trinajstić information content (AvgIpc) is 2.29. The molecular formula is C14H17NO2. The van der Waals surface area contributed by atoms with Gasteiger partial charge < -0.3 is 10.0 Å². The van der Waals surface area contributed by atoms with Gasteiger partial charge >= 0.3 is 5.97 Å². The fourth-order valence-electron chi connectivity index (χ4n) is 2.15. The maximum absolute atomic E-state index is 11.2. The van der Waals surface area contributed by atoms with Crippen LogP contribution in [0.5, 0.6) is 0 Å². The van der Waals surface area contributed by atoms with E-state index < -0.39 is 5.97 Å². The molecule has 17 heavy (non-hydrogen) atoms. The number of hydrogen-bond donors (Lipinski definition) is 1. The molecule has 0 aromatic heterocycles. The van der Waals surface area contributed by atoms with Crippen LogP contribution in [0.15, 0.2) is 29.8 Å². The van der Waals surface area contributed by atoms with Gasteiger partial charge in [0, 0.05) is 18.7 Å². The molecule has 1 aromatic rings. The van der Waals surface area contributed by atoms with Crippen molar-refractivity contribution in [2.24, 2.45) is 0 Å². The quantitative estimate of drug-likeness (QED) is 0.848. The number of likely N-dealkylation sites (N-methyl/N-ethyl adjacent to an activating group) is 1. The summed E-state index contributed by atoms with van der Waals surface area (Å²) in [5.74, 6) is -0.784. The number of nitrogens with zero attached hydrogens (tertiary/aromatic N) is 1. The van der Waals surface area contributed by atoms with Crippen LogP contribution < -0.4 is 0 Å². The minimum atomic E-state index is -0.784. The van der Waals surface area contributed by atoms with Crippen molar-refractivity contribution in [2.45, 2.75) is 13.3 Å². The van der Waals surface area contributed by atoms with E-state index in [1.165, 1.54) is 5.56 Å². The van der Waals surface area contributed by atoms with Gasteiger partial charge in [-0.1, -0.05) is 29.8 Å². The third-order valence-corrected chi connectivity index (χ3v) is 3.19. The van der Waals surface area contributed by atoms with Crippen LogP contribution in [0.25, 0.3) is 5.57 Å². The molecule has 0 bridgehead atoms. The Morgan fingerprint density at radius 2 is 1.94 bits per heavy atom. The summed E-state index contributed by atoms with van der Waals surface area (Å²) in [6.07, 6.45) is 0.620. The zero-order valence-corrected chi connectivity index (χ0v) is 10.2. The van der Waals surface area contributed by atoms with E-state index in [1.54, 1.807) is 0 Å². The topological polar surface area (TPSA) is 40.5 Å². The molecule has 90 valence electrons. The molecule has 0 saturated carbocycles. The van der Waals surface area contributed by atoms with Gasteiger partial charge in [0.15, 0.2) is 0 Å². The van der Waals surface area contributed by atoms with Crippen LogP contribution in [0.3, 0.4) is 0 Å². The van der Waals surface area contributed by atoms with Crippen LogP contribution in [0.2, 0.25) is 0 Å². The number of rotatable bonds is 2. The van der Waals surface area contributed by atoms with Crippen molar-refractivity contribution >= 4 is 11.5 Å². The molecule has 0 radical (unpaired) electrons. The largest absolute Gasteiger partial charge is 0.478 e. The van der Waals surface area contributed by atoms with E-state index in [9.17, 15) is 9.90 Å². The minimum Gasteiger partial charge on any atom is -0.478 e. The van der Waals surface area contributed by atoms with Gasteiger partial charge in [0.1, 0.15) is 0 Å². The Kier molecular flexibility index (Phi) is 3.29. The first kappa shape index (κ1) is 11.9. The summed E-state index contributed by atoms with van der Waals surface area (Å²) >= 11 is 0. The van der Waals surface area contributed by atoms with Crippen molar-refractivity contribution in [3.05, 3.63) is 41.0 Å². The van der Waals surface area contributed by atoms with Crippen LogP contribution in [-0.2, 0) is 4.79 Å². The predicted octanol–water partition coefficient (Wildman–Crippen LogP) is 2.17. The molecule has 3 heteroatoms. The lowest BCUT2D eigenvalue weighted by Crippen LogP contribution is -2.29. The van der Waals surface area contributed by atoms with E-state index >= 15 is 0 Å². The van der Waals surface area contributed by atoms with Gasteiger partial charge in [-0.25, -0.2) is 4.79 Å². The molecule has 0 saturated heterocycles. The highest BCUT2D eigenvalue weighted by atomic mass is 16.4. The third kappa shape index (κ3) is 2.56. The Bertz CT molecular complexity index is 460. The second kappa shape index (κ2) is 4.72. The van der Waals surface area contributed by atoms with Crippen molar-refractivity contribution in [1.29, 1.82) is 0 Å². The Balaban J connectivity index is 2.44. The van der Waals surface area contributed by atoms with E-state index in [0.717, 1.165) is 17.7 Å². The Labute approximate surface area is 101 Å². The summed E-state index contributed by atoms with van der Waals surface area (Å²) in [7, 11) is 2.02. The standard InChI is InChI=1S/C14H17NO2/c1-10-3-5-11(6-4-10)13-9-15(2)8-7-12(13)14(16)17/h3-6H,7-9H2,1-2H3,(H,16,17). The Morgan fingerprint density at radius 1 is 1.29 bits per heavy atom. The Morgan fingerprint density at radius 3 is 2.53 bits per heavy atom. The number of carboxylic acid groups (broad SMARTS) is 1. The van der Waals surface area contributed by atoms with Gasteiger partial charge in [-0.3, -0.25) is 0 Å². The van der Waals surface area contributed by atoms with Crippen LogP contribution in [0.4, 0.5) is 0 Å². The molecule has 0 spiro atoms. The molecule has 1 aliphatic heterocycles. The van der Waals surface area contributed by atoms with E-state index in [-0.39, 0.29) is 0 Å². The molecule has 3 nitrogen and oxygen atoms in total. The highest BCUT2D eigenvalue weighted by Gasteiger charge is 2.21. The van der Waals surface area contributed by atoms with Crippen molar-refractivity contribution < 1.29 is 9.90 Å². The van der Waals surface area contributed by atoms with Crippen molar-refractivity contribution in [2.75, 3.05) is 20.1 Å². The molecule has 1 heterocycles. The predicted molar refractivity (Wildman–Crippen MR) is 67.8 cm³/mol. The number of aliphatic carboxylic acids is 1. The molecule has 0 aliphatic carbocycles. The van der Waals surface area contributed by atoms with Gasteiger partial charge in [0.25, 0.3) is 0 Å². The van der Waals surface area contributed by atoms with Crippen LogP contribution >= 0.6 is 0 Å². The molecular weight excluding hydrogens is 214 g/mol. The van der Waals surface area contributed by atoms with E-state index in [4.69, 9.17) is 0 Å². The number of carboxylic acids is 1. The lowest BCUT2D eigenvalue weighted by atomic mass is 9.94. The summed E-state index contributed by atoms with van der Waals surface area (Å²) < 4.78 is 0. The molecule has 2 rings (SSSR count). The lowest BCUT2D eigenvalue weighted by Gasteiger charge is -2.26. The zero-order chi connectivity index (χ0) is 12.4. The lowest BCUT2D eigenvalue weighted by molar-refractivity contribution is -0.132. The highest BCUT2D eigenvalue weighted by Crippen LogP contribution is 2.26.